The third-order valence-corrected chi connectivity index (χ3v) is 3.33. The quantitative estimate of drug-likeness (QED) is 0.419. The zero-order valence-electron chi connectivity index (χ0n) is 6.73. The molecule has 0 N–H and O–H groups in total. The molecular weight excluding hydrogens is 186 g/mol. The summed E-state index contributed by atoms with van der Waals surface area (Å²) in [6.07, 6.45) is 2.45. The van der Waals surface area contributed by atoms with E-state index in [9.17, 15) is 0 Å². The van der Waals surface area contributed by atoms with Crippen LogP contribution in [0.3, 0.4) is 0 Å². The molecule has 1 nitrogen and oxygen atoms in total. The Hall–Kier alpha value is -0.280. The van der Waals surface area contributed by atoms with E-state index in [1.165, 1.54) is 35.1 Å². The Labute approximate surface area is 82.1 Å². The van der Waals surface area contributed by atoms with Crippen LogP contribution in [-0.2, 0) is 6.42 Å². The molecule has 3 heteroatoms. The van der Waals surface area contributed by atoms with E-state index in [0.29, 0.717) is 0 Å². The second-order valence-electron chi connectivity index (χ2n) is 2.92. The number of fused-ring (bicyclic) bond motifs is 1. The molecule has 0 aliphatic carbocycles. The minimum Gasteiger partial charge on any atom is -0.307 e. The van der Waals surface area contributed by atoms with Crippen LogP contribution in [0.2, 0.25) is 0 Å². The maximum Gasteiger partial charge on any atom is 0.0509 e. The number of hydrogen-bond acceptors (Lipinski definition) is 3. The van der Waals surface area contributed by atoms with Gasteiger partial charge in [0.2, 0.25) is 0 Å². The van der Waals surface area contributed by atoms with E-state index in [1.807, 2.05) is 0 Å². The van der Waals surface area contributed by atoms with Gasteiger partial charge in [-0.15, -0.1) is 0 Å². The molecule has 0 saturated heterocycles. The highest BCUT2D eigenvalue weighted by molar-refractivity contribution is 8.69. The van der Waals surface area contributed by atoms with Crippen LogP contribution in [0.4, 0.5) is 5.69 Å². The molecule has 1 aromatic rings. The number of nitrogens with zero attached hydrogens (tertiary/aromatic N) is 1. The van der Waals surface area contributed by atoms with E-state index < -0.39 is 0 Å². The molecule has 1 aliphatic heterocycles. The van der Waals surface area contributed by atoms with Crippen LogP contribution in [0.1, 0.15) is 12.0 Å². The summed E-state index contributed by atoms with van der Waals surface area (Å²) in [4.78, 5) is 0. The molecule has 0 amide bonds. The van der Waals surface area contributed by atoms with Crippen LogP contribution >= 0.6 is 22.6 Å². The van der Waals surface area contributed by atoms with Crippen molar-refractivity contribution < 1.29 is 0 Å². The molecule has 0 radical (unpaired) electrons. The van der Waals surface area contributed by atoms with Crippen molar-refractivity contribution >= 4 is 28.3 Å². The molecule has 0 atom stereocenters. The molecule has 2 rings (SSSR count). The molecule has 0 unspecified atom stereocenters. The van der Waals surface area contributed by atoms with E-state index >= 15 is 0 Å². The average molecular weight is 197 g/mol. The molecule has 0 saturated carbocycles. The van der Waals surface area contributed by atoms with Crippen LogP contribution in [0, 0.1) is 0 Å². The van der Waals surface area contributed by atoms with Gasteiger partial charge in [0.1, 0.15) is 0 Å². The lowest BCUT2D eigenvalue weighted by Gasteiger charge is -2.27. The SMILES string of the molecule is SSN1CCCc2ccccc21. The van der Waals surface area contributed by atoms with Gasteiger partial charge >= 0.3 is 0 Å². The van der Waals surface area contributed by atoms with Gasteiger partial charge in [0.15, 0.2) is 0 Å². The molecule has 1 aromatic carbocycles. The summed E-state index contributed by atoms with van der Waals surface area (Å²) in [5.41, 5.74) is 2.79. The largest absolute Gasteiger partial charge is 0.307 e. The summed E-state index contributed by atoms with van der Waals surface area (Å²) in [5, 5.41) is 0. The van der Waals surface area contributed by atoms with Gasteiger partial charge in [0.25, 0.3) is 0 Å². The van der Waals surface area contributed by atoms with Gasteiger partial charge in [0, 0.05) is 17.5 Å². The molecule has 0 spiro atoms. The number of thiol groups is 1. The van der Waals surface area contributed by atoms with Crippen molar-refractivity contribution in [2.45, 2.75) is 12.8 Å². The Balaban J connectivity index is 2.37. The van der Waals surface area contributed by atoms with Crippen molar-refractivity contribution in [3.05, 3.63) is 29.8 Å². The highest BCUT2D eigenvalue weighted by Crippen LogP contribution is 2.32. The summed E-state index contributed by atoms with van der Waals surface area (Å²) in [6.45, 7) is 1.12. The maximum absolute atomic E-state index is 4.23. The summed E-state index contributed by atoms with van der Waals surface area (Å²) < 4.78 is 2.24. The van der Waals surface area contributed by atoms with Crippen molar-refractivity contribution in [2.24, 2.45) is 0 Å². The van der Waals surface area contributed by atoms with Crippen LogP contribution in [0.5, 0.6) is 0 Å². The number of rotatable bonds is 1. The summed E-state index contributed by atoms with van der Waals surface area (Å²) in [7, 11) is 1.52. The monoisotopic (exact) mass is 197 g/mol. The van der Waals surface area contributed by atoms with Crippen molar-refractivity contribution in [1.29, 1.82) is 0 Å². The van der Waals surface area contributed by atoms with Gasteiger partial charge in [-0.3, -0.25) is 0 Å². The minimum atomic E-state index is 1.12. The molecule has 1 heterocycles. The zero-order valence-corrected chi connectivity index (χ0v) is 8.44. The average Bonchev–Trinajstić information content (AvgIpc) is 2.17. The fourth-order valence-corrected chi connectivity index (χ4v) is 2.57. The lowest BCUT2D eigenvalue weighted by Crippen LogP contribution is -2.20. The number of hydrogen-bond donors (Lipinski definition) is 1. The Morgan fingerprint density at radius 1 is 1.33 bits per heavy atom. The van der Waals surface area contributed by atoms with Crippen LogP contribution in [-0.4, -0.2) is 6.54 Å². The Morgan fingerprint density at radius 3 is 3.00 bits per heavy atom. The summed E-state index contributed by atoms with van der Waals surface area (Å²) in [6, 6.07) is 8.55. The first kappa shape index (κ1) is 8.32. The molecule has 0 fully saturated rings. The number of para-hydroxylation sites is 1. The van der Waals surface area contributed by atoms with Crippen molar-refractivity contribution in [3.63, 3.8) is 0 Å². The third kappa shape index (κ3) is 1.43. The van der Waals surface area contributed by atoms with Crippen LogP contribution in [0.15, 0.2) is 24.3 Å². The third-order valence-electron chi connectivity index (χ3n) is 2.17. The predicted octanol–water partition coefficient (Wildman–Crippen LogP) is 2.93. The standard InChI is InChI=1S/C9H11NS2/c11-12-10-7-3-5-8-4-1-2-6-9(8)10/h1-2,4,6,11H,3,5,7H2. The van der Waals surface area contributed by atoms with E-state index in [2.05, 4.69) is 40.2 Å². The molecular formula is C9H11NS2. The molecule has 64 valence electrons. The van der Waals surface area contributed by atoms with Gasteiger partial charge < -0.3 is 4.31 Å². The number of anilines is 1. The minimum absolute atomic E-state index is 1.12. The van der Waals surface area contributed by atoms with E-state index in [-0.39, 0.29) is 0 Å². The highest BCUT2D eigenvalue weighted by Gasteiger charge is 2.14. The second kappa shape index (κ2) is 3.62. The summed E-state index contributed by atoms with van der Waals surface area (Å²) >= 11 is 4.23. The fourth-order valence-electron chi connectivity index (χ4n) is 1.58. The molecule has 1 aliphatic rings. The summed E-state index contributed by atoms with van der Waals surface area (Å²) in [5.74, 6) is 0. The molecule has 0 bridgehead atoms. The Morgan fingerprint density at radius 2 is 2.17 bits per heavy atom. The van der Waals surface area contributed by atoms with E-state index in [0.717, 1.165) is 6.54 Å². The van der Waals surface area contributed by atoms with E-state index in [4.69, 9.17) is 0 Å². The topological polar surface area (TPSA) is 3.24 Å². The zero-order chi connectivity index (χ0) is 8.39. The molecule has 12 heavy (non-hydrogen) atoms. The van der Waals surface area contributed by atoms with Crippen molar-refractivity contribution in [2.75, 3.05) is 10.8 Å². The first-order valence-corrected chi connectivity index (χ1v) is 5.91. The Kier molecular flexibility index (Phi) is 2.51. The van der Waals surface area contributed by atoms with Crippen LogP contribution in [0.25, 0.3) is 0 Å². The Bertz CT molecular complexity index is 275. The maximum atomic E-state index is 4.23. The van der Waals surface area contributed by atoms with Crippen molar-refractivity contribution in [1.82, 2.24) is 0 Å². The fraction of sp³-hybridized carbons (Fsp3) is 0.333. The molecule has 0 aromatic heterocycles. The lowest BCUT2D eigenvalue weighted by molar-refractivity contribution is 0.797. The smallest absolute Gasteiger partial charge is 0.0509 e. The van der Waals surface area contributed by atoms with Crippen molar-refractivity contribution in [3.8, 4) is 0 Å². The first-order valence-electron chi connectivity index (χ1n) is 4.09. The first-order chi connectivity index (χ1) is 5.92. The number of benzene rings is 1. The van der Waals surface area contributed by atoms with Crippen LogP contribution < -0.4 is 4.31 Å². The highest BCUT2D eigenvalue weighted by atomic mass is 33.1. The van der Waals surface area contributed by atoms with E-state index in [1.54, 1.807) is 0 Å². The van der Waals surface area contributed by atoms with Gasteiger partial charge in [-0.05, 0) is 24.5 Å². The second-order valence-corrected chi connectivity index (χ2v) is 4.01. The lowest BCUT2D eigenvalue weighted by atomic mass is 10.0. The van der Waals surface area contributed by atoms with Gasteiger partial charge in [-0.25, -0.2) is 0 Å². The normalized spacial score (nSPS) is 15.9. The van der Waals surface area contributed by atoms with Gasteiger partial charge in [-0.1, -0.05) is 29.9 Å². The van der Waals surface area contributed by atoms with Gasteiger partial charge in [0.05, 0.1) is 5.69 Å². The number of aryl methyl sites for hydroxylation is 1. The predicted molar refractivity (Wildman–Crippen MR) is 58.7 cm³/mol. The van der Waals surface area contributed by atoms with Gasteiger partial charge in [-0.2, -0.15) is 0 Å².